The number of aryl methyl sites for hydroxylation is 1. The van der Waals surface area contributed by atoms with Gasteiger partial charge in [0.25, 0.3) is 0 Å². The summed E-state index contributed by atoms with van der Waals surface area (Å²) in [4.78, 5) is 17.4. The molecule has 6 nitrogen and oxygen atoms in total. The summed E-state index contributed by atoms with van der Waals surface area (Å²) in [6.45, 7) is 7.32. The van der Waals surface area contributed by atoms with Crippen molar-refractivity contribution in [2.75, 3.05) is 39.4 Å². The molecule has 0 bridgehead atoms. The van der Waals surface area contributed by atoms with Gasteiger partial charge in [0, 0.05) is 38.9 Å². The third kappa shape index (κ3) is 3.77. The molecule has 144 valence electrons. The van der Waals surface area contributed by atoms with Gasteiger partial charge < -0.3 is 9.64 Å². The van der Waals surface area contributed by atoms with Crippen LogP contribution in [0, 0.1) is 0 Å². The lowest BCUT2D eigenvalue weighted by molar-refractivity contribution is -0.137. The SMILES string of the molecule is CCN1CCN(C(=O)CCc2cnn(-c3ccccc3)c2)CC12CCOC2. The van der Waals surface area contributed by atoms with Crippen LogP contribution in [0.25, 0.3) is 5.69 Å². The molecule has 1 aromatic heterocycles. The van der Waals surface area contributed by atoms with Gasteiger partial charge in [-0.15, -0.1) is 0 Å². The van der Waals surface area contributed by atoms with Gasteiger partial charge in [0.2, 0.25) is 5.91 Å². The molecule has 0 N–H and O–H groups in total. The number of rotatable bonds is 5. The highest BCUT2D eigenvalue weighted by Crippen LogP contribution is 2.30. The van der Waals surface area contributed by atoms with Gasteiger partial charge in [-0.05, 0) is 37.1 Å². The van der Waals surface area contributed by atoms with Gasteiger partial charge in [-0.1, -0.05) is 25.1 Å². The topological polar surface area (TPSA) is 50.6 Å². The van der Waals surface area contributed by atoms with E-state index in [0.717, 1.165) is 63.5 Å². The van der Waals surface area contributed by atoms with Crippen LogP contribution in [0.4, 0.5) is 0 Å². The normalized spacial score (nSPS) is 23.2. The van der Waals surface area contributed by atoms with Crippen LogP contribution in [0.15, 0.2) is 42.7 Å². The van der Waals surface area contributed by atoms with E-state index in [-0.39, 0.29) is 11.4 Å². The summed E-state index contributed by atoms with van der Waals surface area (Å²) in [6, 6.07) is 10.0. The molecule has 1 aromatic carbocycles. The number of piperazine rings is 1. The number of benzene rings is 1. The first kappa shape index (κ1) is 18.2. The summed E-state index contributed by atoms with van der Waals surface area (Å²) in [5, 5.41) is 4.42. The number of carbonyl (C=O) groups excluding carboxylic acids is 1. The van der Waals surface area contributed by atoms with Crippen LogP contribution in [0.3, 0.4) is 0 Å². The second kappa shape index (κ2) is 7.82. The predicted octanol–water partition coefficient (Wildman–Crippen LogP) is 2.13. The van der Waals surface area contributed by atoms with E-state index in [1.807, 2.05) is 52.3 Å². The van der Waals surface area contributed by atoms with Crippen molar-refractivity contribution < 1.29 is 9.53 Å². The van der Waals surface area contributed by atoms with Gasteiger partial charge in [-0.25, -0.2) is 4.68 Å². The summed E-state index contributed by atoms with van der Waals surface area (Å²) in [7, 11) is 0. The first-order valence-electron chi connectivity index (χ1n) is 9.90. The molecule has 3 heterocycles. The molecule has 1 unspecified atom stereocenters. The number of hydrogen-bond donors (Lipinski definition) is 0. The van der Waals surface area contributed by atoms with Crippen LogP contribution >= 0.6 is 0 Å². The fourth-order valence-electron chi connectivity index (χ4n) is 4.31. The lowest BCUT2D eigenvalue weighted by atomic mass is 9.92. The van der Waals surface area contributed by atoms with Crippen LogP contribution in [0.5, 0.6) is 0 Å². The van der Waals surface area contributed by atoms with Crippen LogP contribution < -0.4 is 0 Å². The molecule has 1 amide bonds. The van der Waals surface area contributed by atoms with Crippen LogP contribution in [0.1, 0.15) is 25.3 Å². The molecule has 2 aromatic rings. The Labute approximate surface area is 160 Å². The number of carbonyl (C=O) groups is 1. The Bertz CT molecular complexity index is 767. The number of ether oxygens (including phenoxy) is 1. The number of nitrogens with zero attached hydrogens (tertiary/aromatic N) is 4. The second-order valence-corrected chi connectivity index (χ2v) is 7.55. The fraction of sp³-hybridized carbons (Fsp3) is 0.524. The van der Waals surface area contributed by atoms with Crippen LogP contribution in [-0.4, -0.2) is 70.4 Å². The highest BCUT2D eigenvalue weighted by molar-refractivity contribution is 5.76. The number of hydrogen-bond acceptors (Lipinski definition) is 4. The van der Waals surface area contributed by atoms with Crippen molar-refractivity contribution in [3.05, 3.63) is 48.3 Å². The Morgan fingerprint density at radius 1 is 1.26 bits per heavy atom. The molecule has 1 spiro atoms. The monoisotopic (exact) mass is 368 g/mol. The molecule has 1 atom stereocenters. The second-order valence-electron chi connectivity index (χ2n) is 7.55. The largest absolute Gasteiger partial charge is 0.379 e. The Morgan fingerprint density at radius 3 is 2.85 bits per heavy atom. The lowest BCUT2D eigenvalue weighted by Gasteiger charge is -2.48. The molecular weight excluding hydrogens is 340 g/mol. The van der Waals surface area contributed by atoms with Crippen molar-refractivity contribution >= 4 is 5.91 Å². The number of aromatic nitrogens is 2. The molecule has 0 aliphatic carbocycles. The molecule has 2 aliphatic rings. The van der Waals surface area contributed by atoms with E-state index in [4.69, 9.17) is 4.74 Å². The Kier molecular flexibility index (Phi) is 5.27. The third-order valence-corrected chi connectivity index (χ3v) is 5.90. The minimum Gasteiger partial charge on any atom is -0.379 e. The first-order chi connectivity index (χ1) is 13.2. The summed E-state index contributed by atoms with van der Waals surface area (Å²) in [5.41, 5.74) is 2.16. The van der Waals surface area contributed by atoms with Gasteiger partial charge in [-0.2, -0.15) is 5.10 Å². The Hall–Kier alpha value is -2.18. The molecule has 2 saturated heterocycles. The first-order valence-corrected chi connectivity index (χ1v) is 9.90. The lowest BCUT2D eigenvalue weighted by Crippen LogP contribution is -2.63. The fourth-order valence-corrected chi connectivity index (χ4v) is 4.31. The van der Waals surface area contributed by atoms with E-state index in [9.17, 15) is 4.79 Å². The van der Waals surface area contributed by atoms with E-state index in [2.05, 4.69) is 16.9 Å². The van der Waals surface area contributed by atoms with Crippen molar-refractivity contribution in [2.45, 2.75) is 31.7 Å². The van der Waals surface area contributed by atoms with Gasteiger partial charge >= 0.3 is 0 Å². The predicted molar refractivity (Wildman–Crippen MR) is 104 cm³/mol. The third-order valence-electron chi connectivity index (χ3n) is 5.90. The molecule has 2 aliphatic heterocycles. The minimum absolute atomic E-state index is 0.0286. The number of likely N-dealkylation sites (N-methyl/N-ethyl adjacent to an activating group) is 1. The van der Waals surface area contributed by atoms with Crippen molar-refractivity contribution in [3.63, 3.8) is 0 Å². The van der Waals surface area contributed by atoms with E-state index in [0.29, 0.717) is 6.42 Å². The molecule has 6 heteroatoms. The molecule has 4 rings (SSSR count). The van der Waals surface area contributed by atoms with Crippen LogP contribution in [-0.2, 0) is 16.0 Å². The molecule has 0 saturated carbocycles. The number of amides is 1. The van der Waals surface area contributed by atoms with E-state index >= 15 is 0 Å². The van der Waals surface area contributed by atoms with Gasteiger partial charge in [0.1, 0.15) is 0 Å². The highest BCUT2D eigenvalue weighted by atomic mass is 16.5. The summed E-state index contributed by atoms with van der Waals surface area (Å²) < 4.78 is 7.55. The van der Waals surface area contributed by atoms with E-state index in [1.54, 1.807) is 0 Å². The van der Waals surface area contributed by atoms with Crippen molar-refractivity contribution in [1.82, 2.24) is 19.6 Å². The van der Waals surface area contributed by atoms with Crippen molar-refractivity contribution in [2.24, 2.45) is 0 Å². The zero-order chi connectivity index (χ0) is 18.7. The van der Waals surface area contributed by atoms with Crippen molar-refractivity contribution in [3.8, 4) is 5.69 Å². The zero-order valence-corrected chi connectivity index (χ0v) is 16.0. The average molecular weight is 368 g/mol. The molecule has 2 fully saturated rings. The van der Waals surface area contributed by atoms with Crippen LogP contribution in [0.2, 0.25) is 0 Å². The summed E-state index contributed by atoms with van der Waals surface area (Å²) in [5.74, 6) is 0.240. The number of para-hydroxylation sites is 1. The standard InChI is InChI=1S/C21H28N4O2/c1-2-24-12-11-23(16-21(24)10-13-27-17-21)20(26)9-8-18-14-22-25(15-18)19-6-4-3-5-7-19/h3-7,14-15H,2,8-13,16-17H2,1H3. The quantitative estimate of drug-likeness (QED) is 0.811. The van der Waals surface area contributed by atoms with E-state index in [1.165, 1.54) is 0 Å². The summed E-state index contributed by atoms with van der Waals surface area (Å²) >= 11 is 0. The molecule has 0 radical (unpaired) electrons. The van der Waals surface area contributed by atoms with Gasteiger partial charge in [0.05, 0.1) is 24.0 Å². The minimum atomic E-state index is 0.0286. The van der Waals surface area contributed by atoms with Gasteiger partial charge in [0.15, 0.2) is 0 Å². The van der Waals surface area contributed by atoms with Crippen molar-refractivity contribution in [1.29, 1.82) is 0 Å². The van der Waals surface area contributed by atoms with Gasteiger partial charge in [-0.3, -0.25) is 9.69 Å². The maximum absolute atomic E-state index is 12.8. The Morgan fingerprint density at radius 2 is 2.11 bits per heavy atom. The maximum atomic E-state index is 12.8. The molecule has 27 heavy (non-hydrogen) atoms. The smallest absolute Gasteiger partial charge is 0.223 e. The average Bonchev–Trinajstić information content (AvgIpc) is 3.37. The van der Waals surface area contributed by atoms with E-state index < -0.39 is 0 Å². The maximum Gasteiger partial charge on any atom is 0.223 e. The highest BCUT2D eigenvalue weighted by Gasteiger charge is 2.44. The zero-order valence-electron chi connectivity index (χ0n) is 16.0. The molecular formula is C21H28N4O2. The Balaban J connectivity index is 1.35. The summed E-state index contributed by atoms with van der Waals surface area (Å²) in [6.07, 6.45) is 6.16.